The molecule has 0 N–H and O–H groups in total. The predicted octanol–water partition coefficient (Wildman–Crippen LogP) is 2.69. The molecule has 0 aromatic carbocycles. The lowest BCUT2D eigenvalue weighted by Gasteiger charge is -2.06. The van der Waals surface area contributed by atoms with Crippen LogP contribution in [0.3, 0.4) is 0 Å². The van der Waals surface area contributed by atoms with Crippen LogP contribution in [0.25, 0.3) is 0 Å². The maximum atomic E-state index is 5.53. The van der Waals surface area contributed by atoms with Gasteiger partial charge in [0.25, 0.3) is 0 Å². The fourth-order valence-electron chi connectivity index (χ4n) is 1.16. The van der Waals surface area contributed by atoms with Gasteiger partial charge in [-0.2, -0.15) is 0 Å². The van der Waals surface area contributed by atoms with Gasteiger partial charge in [0.2, 0.25) is 0 Å². The van der Waals surface area contributed by atoms with Crippen LogP contribution in [-0.4, -0.2) is 18.2 Å². The van der Waals surface area contributed by atoms with Gasteiger partial charge in [-0.1, -0.05) is 13.8 Å². The zero-order valence-corrected chi connectivity index (χ0v) is 9.07. The third kappa shape index (κ3) is 4.97. The van der Waals surface area contributed by atoms with Crippen molar-refractivity contribution in [2.45, 2.75) is 26.7 Å². The highest BCUT2D eigenvalue weighted by Crippen LogP contribution is 2.01. The monoisotopic (exact) mass is 193 g/mol. The molecule has 0 unspecified atom stereocenters. The summed E-state index contributed by atoms with van der Waals surface area (Å²) in [6.07, 6.45) is 5.78. The highest BCUT2D eigenvalue weighted by molar-refractivity contribution is 5.09. The number of hydrogen-bond acceptors (Lipinski definition) is 2. The number of pyridine rings is 1. The molecule has 78 valence electrons. The van der Waals surface area contributed by atoms with Gasteiger partial charge >= 0.3 is 0 Å². The van der Waals surface area contributed by atoms with Gasteiger partial charge in [-0.25, -0.2) is 0 Å². The van der Waals surface area contributed by atoms with Gasteiger partial charge in [-0.3, -0.25) is 4.98 Å². The zero-order chi connectivity index (χ0) is 10.2. The van der Waals surface area contributed by atoms with Crippen molar-refractivity contribution in [1.82, 2.24) is 4.98 Å². The molecular formula is C12H19NO. The summed E-state index contributed by atoms with van der Waals surface area (Å²) in [4.78, 5) is 3.97. The summed E-state index contributed by atoms with van der Waals surface area (Å²) in [6.45, 7) is 6.12. The minimum absolute atomic E-state index is 0.732. The molecule has 0 aliphatic carbocycles. The lowest BCUT2D eigenvalue weighted by Crippen LogP contribution is -2.02. The normalized spacial score (nSPS) is 10.8. The van der Waals surface area contributed by atoms with E-state index in [0.717, 1.165) is 32.0 Å². The van der Waals surface area contributed by atoms with Crippen LogP contribution in [0.4, 0.5) is 0 Å². The number of rotatable bonds is 6. The number of hydrogen-bond donors (Lipinski definition) is 0. The highest BCUT2D eigenvalue weighted by atomic mass is 16.5. The van der Waals surface area contributed by atoms with Crippen molar-refractivity contribution in [2.75, 3.05) is 13.2 Å². The summed E-state index contributed by atoms with van der Waals surface area (Å²) in [6, 6.07) is 4.07. The second-order valence-electron chi connectivity index (χ2n) is 3.90. The minimum Gasteiger partial charge on any atom is -0.381 e. The highest BCUT2D eigenvalue weighted by Gasteiger charge is 1.95. The first-order valence-corrected chi connectivity index (χ1v) is 5.25. The minimum atomic E-state index is 0.732. The molecule has 0 radical (unpaired) electrons. The average Bonchev–Trinajstić information content (AvgIpc) is 2.18. The largest absolute Gasteiger partial charge is 0.381 e. The lowest BCUT2D eigenvalue weighted by molar-refractivity contribution is 0.126. The van der Waals surface area contributed by atoms with E-state index in [-0.39, 0.29) is 0 Å². The Morgan fingerprint density at radius 2 is 1.93 bits per heavy atom. The van der Waals surface area contributed by atoms with Crippen LogP contribution in [0.2, 0.25) is 0 Å². The molecule has 0 bridgehead atoms. The van der Waals surface area contributed by atoms with E-state index in [9.17, 15) is 0 Å². The number of nitrogens with zero attached hydrogens (tertiary/aromatic N) is 1. The Kier molecular flexibility index (Phi) is 5.23. The summed E-state index contributed by atoms with van der Waals surface area (Å²) >= 11 is 0. The number of ether oxygens (including phenoxy) is 1. The van der Waals surface area contributed by atoms with E-state index in [1.807, 2.05) is 24.5 Å². The molecule has 1 heterocycles. The standard InChI is InChI=1S/C12H19NO/c1-11(2)5-9-14-10-6-12-3-7-13-8-4-12/h3-4,7-8,11H,5-6,9-10H2,1-2H3. The molecule has 0 fully saturated rings. The van der Waals surface area contributed by atoms with Crippen molar-refractivity contribution in [3.63, 3.8) is 0 Å². The van der Waals surface area contributed by atoms with E-state index >= 15 is 0 Å². The first-order chi connectivity index (χ1) is 6.79. The average molecular weight is 193 g/mol. The summed E-state index contributed by atoms with van der Waals surface area (Å²) < 4.78 is 5.53. The van der Waals surface area contributed by atoms with E-state index < -0.39 is 0 Å². The fourth-order valence-corrected chi connectivity index (χ4v) is 1.16. The molecule has 0 aliphatic rings. The summed E-state index contributed by atoms with van der Waals surface area (Å²) in [5.74, 6) is 0.732. The molecule has 0 aliphatic heterocycles. The summed E-state index contributed by atoms with van der Waals surface area (Å²) in [5.41, 5.74) is 1.30. The molecule has 1 aromatic heterocycles. The molecule has 0 saturated carbocycles. The maximum Gasteiger partial charge on any atom is 0.0506 e. The second kappa shape index (κ2) is 6.55. The first-order valence-electron chi connectivity index (χ1n) is 5.25. The molecule has 2 nitrogen and oxygen atoms in total. The lowest BCUT2D eigenvalue weighted by atomic mass is 10.1. The van der Waals surface area contributed by atoms with Crippen LogP contribution in [0.15, 0.2) is 24.5 Å². The van der Waals surface area contributed by atoms with Gasteiger partial charge in [0.1, 0.15) is 0 Å². The maximum absolute atomic E-state index is 5.53. The van der Waals surface area contributed by atoms with Crippen LogP contribution in [-0.2, 0) is 11.2 Å². The molecule has 2 heteroatoms. The van der Waals surface area contributed by atoms with Crippen molar-refractivity contribution >= 4 is 0 Å². The topological polar surface area (TPSA) is 22.1 Å². The smallest absolute Gasteiger partial charge is 0.0506 e. The van der Waals surface area contributed by atoms with Crippen molar-refractivity contribution in [2.24, 2.45) is 5.92 Å². The van der Waals surface area contributed by atoms with Crippen LogP contribution in [0, 0.1) is 5.92 Å². The second-order valence-corrected chi connectivity index (χ2v) is 3.90. The van der Waals surface area contributed by atoms with Crippen LogP contribution < -0.4 is 0 Å². The Labute approximate surface area is 86.3 Å². The Hall–Kier alpha value is -0.890. The Bertz CT molecular complexity index is 233. The molecule has 0 atom stereocenters. The molecule has 0 amide bonds. The molecule has 0 saturated heterocycles. The van der Waals surface area contributed by atoms with Gasteiger partial charge in [0, 0.05) is 19.0 Å². The van der Waals surface area contributed by atoms with E-state index in [4.69, 9.17) is 4.74 Å². The molecular weight excluding hydrogens is 174 g/mol. The van der Waals surface area contributed by atoms with Gasteiger partial charge < -0.3 is 4.74 Å². The fraction of sp³-hybridized carbons (Fsp3) is 0.583. The van der Waals surface area contributed by atoms with E-state index in [0.29, 0.717) is 0 Å². The van der Waals surface area contributed by atoms with Crippen molar-refractivity contribution in [3.8, 4) is 0 Å². The Morgan fingerprint density at radius 3 is 2.57 bits per heavy atom. The van der Waals surface area contributed by atoms with Crippen LogP contribution >= 0.6 is 0 Å². The van der Waals surface area contributed by atoms with Crippen LogP contribution in [0.1, 0.15) is 25.8 Å². The van der Waals surface area contributed by atoms with Crippen molar-refractivity contribution in [1.29, 1.82) is 0 Å². The quantitative estimate of drug-likeness (QED) is 0.648. The summed E-state index contributed by atoms with van der Waals surface area (Å²) in [7, 11) is 0. The van der Waals surface area contributed by atoms with Crippen molar-refractivity contribution < 1.29 is 4.74 Å². The molecule has 0 spiro atoms. The van der Waals surface area contributed by atoms with E-state index in [2.05, 4.69) is 18.8 Å². The van der Waals surface area contributed by atoms with Gasteiger partial charge in [-0.05, 0) is 36.5 Å². The number of aromatic nitrogens is 1. The zero-order valence-electron chi connectivity index (χ0n) is 9.07. The van der Waals surface area contributed by atoms with Gasteiger partial charge in [0.15, 0.2) is 0 Å². The van der Waals surface area contributed by atoms with Crippen molar-refractivity contribution in [3.05, 3.63) is 30.1 Å². The van der Waals surface area contributed by atoms with E-state index in [1.54, 1.807) is 0 Å². The SMILES string of the molecule is CC(C)CCOCCc1ccncc1. The molecule has 14 heavy (non-hydrogen) atoms. The molecule has 1 rings (SSSR count). The Balaban J connectivity index is 2.05. The van der Waals surface area contributed by atoms with E-state index in [1.165, 1.54) is 5.56 Å². The third-order valence-electron chi connectivity index (χ3n) is 2.12. The third-order valence-corrected chi connectivity index (χ3v) is 2.12. The van der Waals surface area contributed by atoms with Gasteiger partial charge in [-0.15, -0.1) is 0 Å². The summed E-state index contributed by atoms with van der Waals surface area (Å²) in [5, 5.41) is 0. The Morgan fingerprint density at radius 1 is 1.21 bits per heavy atom. The predicted molar refractivity (Wildman–Crippen MR) is 58.2 cm³/mol. The van der Waals surface area contributed by atoms with Gasteiger partial charge in [0.05, 0.1) is 6.61 Å². The molecule has 1 aromatic rings. The first kappa shape index (κ1) is 11.2. The van der Waals surface area contributed by atoms with Crippen LogP contribution in [0.5, 0.6) is 0 Å².